The fourth-order valence-electron chi connectivity index (χ4n) is 1.83. The second-order valence-electron chi connectivity index (χ2n) is 5.53. The molecular weight excluding hydrogens is 313 g/mol. The zero-order valence-corrected chi connectivity index (χ0v) is 13.1. The summed E-state index contributed by atoms with van der Waals surface area (Å²) in [5.74, 6) is -0.413. The number of halogens is 2. The van der Waals surface area contributed by atoms with Gasteiger partial charge in [-0.1, -0.05) is 23.2 Å². The maximum Gasteiger partial charge on any atom is 0.267 e. The van der Waals surface area contributed by atoms with E-state index in [1.165, 1.54) is 12.1 Å². The van der Waals surface area contributed by atoms with Gasteiger partial charge in [0.1, 0.15) is 5.69 Å². The summed E-state index contributed by atoms with van der Waals surface area (Å²) in [6.07, 6.45) is 0. The smallest absolute Gasteiger partial charge is 0.267 e. The highest BCUT2D eigenvalue weighted by Gasteiger charge is 2.15. The lowest BCUT2D eigenvalue weighted by atomic mass is 10.1. The number of nitrogens with two attached hydrogens (primary N) is 1. The van der Waals surface area contributed by atoms with Crippen molar-refractivity contribution in [3.63, 3.8) is 0 Å². The lowest BCUT2D eigenvalue weighted by Gasteiger charge is -2.18. The molecule has 1 aromatic carbocycles. The van der Waals surface area contributed by atoms with Crippen molar-refractivity contribution in [2.75, 3.05) is 6.54 Å². The van der Waals surface area contributed by atoms with Gasteiger partial charge >= 0.3 is 0 Å². The molecule has 0 aliphatic rings. The van der Waals surface area contributed by atoms with Gasteiger partial charge in [0, 0.05) is 23.2 Å². The van der Waals surface area contributed by atoms with Crippen LogP contribution in [0.3, 0.4) is 0 Å². The molecule has 0 fully saturated rings. The highest BCUT2D eigenvalue weighted by Crippen LogP contribution is 2.24. The van der Waals surface area contributed by atoms with Crippen molar-refractivity contribution in [2.45, 2.75) is 19.4 Å². The molecule has 5 nitrogen and oxygen atoms in total. The summed E-state index contributed by atoms with van der Waals surface area (Å²) < 4.78 is 0. The number of hydrogen-bond donors (Lipinski definition) is 3. The van der Waals surface area contributed by atoms with Gasteiger partial charge in [-0.2, -0.15) is 0 Å². The minimum absolute atomic E-state index is 0.134. The number of carbonyl (C=O) groups is 1. The molecule has 0 aliphatic heterocycles. The van der Waals surface area contributed by atoms with Crippen LogP contribution in [-0.2, 0) is 0 Å². The minimum atomic E-state index is -0.542. The molecule has 1 amide bonds. The van der Waals surface area contributed by atoms with Crippen LogP contribution in [-0.4, -0.2) is 23.0 Å². The van der Waals surface area contributed by atoms with Crippen molar-refractivity contribution in [3.05, 3.63) is 44.2 Å². The van der Waals surface area contributed by atoms with Gasteiger partial charge in [0.2, 0.25) is 0 Å². The SMILES string of the molecule is CC(C)(N)CNC(=O)c1cc(=O)c2c(Cl)cc(Cl)cc2[nH]1. The van der Waals surface area contributed by atoms with E-state index in [1.807, 2.05) is 0 Å². The van der Waals surface area contributed by atoms with Crippen LogP contribution in [0.4, 0.5) is 0 Å². The number of aromatic amines is 1. The predicted molar refractivity (Wildman–Crippen MR) is 85.2 cm³/mol. The molecule has 0 saturated carbocycles. The second-order valence-corrected chi connectivity index (χ2v) is 6.37. The average molecular weight is 328 g/mol. The first-order valence-electron chi connectivity index (χ1n) is 6.26. The van der Waals surface area contributed by atoms with Gasteiger partial charge in [-0.3, -0.25) is 9.59 Å². The van der Waals surface area contributed by atoms with E-state index in [2.05, 4.69) is 10.3 Å². The summed E-state index contributed by atoms with van der Waals surface area (Å²) in [4.78, 5) is 27.0. The molecule has 1 aromatic heterocycles. The first-order valence-corrected chi connectivity index (χ1v) is 7.02. The third kappa shape index (κ3) is 3.75. The van der Waals surface area contributed by atoms with E-state index in [1.54, 1.807) is 19.9 Å². The van der Waals surface area contributed by atoms with Crippen LogP contribution in [0.5, 0.6) is 0 Å². The van der Waals surface area contributed by atoms with E-state index >= 15 is 0 Å². The Morgan fingerprint density at radius 2 is 2.00 bits per heavy atom. The molecule has 2 rings (SSSR count). The Labute approximate surface area is 131 Å². The summed E-state index contributed by atoms with van der Waals surface area (Å²) in [6.45, 7) is 3.86. The van der Waals surface area contributed by atoms with Crippen LogP contribution in [0.2, 0.25) is 10.0 Å². The van der Waals surface area contributed by atoms with E-state index in [-0.39, 0.29) is 22.7 Å². The summed E-state index contributed by atoms with van der Waals surface area (Å²) in [6, 6.07) is 4.24. The zero-order chi connectivity index (χ0) is 15.8. The van der Waals surface area contributed by atoms with Crippen LogP contribution >= 0.6 is 23.2 Å². The first kappa shape index (κ1) is 15.8. The van der Waals surface area contributed by atoms with Gasteiger partial charge in [-0.25, -0.2) is 0 Å². The highest BCUT2D eigenvalue weighted by atomic mass is 35.5. The summed E-state index contributed by atoms with van der Waals surface area (Å²) in [5, 5.41) is 3.59. The molecule has 112 valence electrons. The maximum atomic E-state index is 12.1. The van der Waals surface area contributed by atoms with Crippen molar-refractivity contribution in [3.8, 4) is 0 Å². The molecule has 2 aromatic rings. The van der Waals surface area contributed by atoms with Gasteiger partial charge in [-0.05, 0) is 26.0 Å². The van der Waals surface area contributed by atoms with Crippen LogP contribution < -0.4 is 16.5 Å². The molecule has 0 saturated heterocycles. The third-order valence-electron chi connectivity index (χ3n) is 2.80. The number of amides is 1. The standard InChI is InChI=1S/C14H15Cl2N3O2/c1-14(2,17)6-18-13(21)10-5-11(20)12-8(16)3-7(15)4-9(12)19-10/h3-5H,6,17H2,1-2H3,(H,18,21)(H,19,20). The Hall–Kier alpha value is -1.56. The normalized spacial score (nSPS) is 11.7. The van der Waals surface area contributed by atoms with Crippen molar-refractivity contribution >= 4 is 40.0 Å². The minimum Gasteiger partial charge on any atom is -0.350 e. The Balaban J connectivity index is 2.43. The molecule has 0 unspecified atom stereocenters. The van der Waals surface area contributed by atoms with Crippen molar-refractivity contribution in [1.29, 1.82) is 0 Å². The second kappa shape index (κ2) is 5.67. The Morgan fingerprint density at radius 3 is 2.62 bits per heavy atom. The quantitative estimate of drug-likeness (QED) is 0.808. The topological polar surface area (TPSA) is 88.0 Å². The molecule has 0 radical (unpaired) electrons. The Kier molecular flexibility index (Phi) is 4.27. The summed E-state index contributed by atoms with van der Waals surface area (Å²) >= 11 is 11.9. The number of hydrogen-bond acceptors (Lipinski definition) is 3. The first-order chi connectivity index (χ1) is 9.67. The number of pyridine rings is 1. The lowest BCUT2D eigenvalue weighted by molar-refractivity contribution is 0.0941. The average Bonchev–Trinajstić information content (AvgIpc) is 2.33. The van der Waals surface area contributed by atoms with Crippen molar-refractivity contribution < 1.29 is 4.79 Å². The zero-order valence-electron chi connectivity index (χ0n) is 11.6. The van der Waals surface area contributed by atoms with E-state index in [0.717, 1.165) is 0 Å². The number of carbonyl (C=O) groups excluding carboxylic acids is 1. The van der Waals surface area contributed by atoms with E-state index in [0.29, 0.717) is 15.9 Å². The van der Waals surface area contributed by atoms with E-state index in [4.69, 9.17) is 28.9 Å². The monoisotopic (exact) mass is 327 g/mol. The van der Waals surface area contributed by atoms with Crippen molar-refractivity contribution in [1.82, 2.24) is 10.3 Å². The number of aromatic nitrogens is 1. The van der Waals surface area contributed by atoms with Crippen molar-refractivity contribution in [2.24, 2.45) is 5.73 Å². The maximum absolute atomic E-state index is 12.1. The molecule has 0 spiro atoms. The Bertz CT molecular complexity index is 763. The van der Waals surface area contributed by atoms with Gasteiger partial charge in [0.05, 0.1) is 15.9 Å². The number of rotatable bonds is 3. The third-order valence-corrected chi connectivity index (χ3v) is 3.31. The van der Waals surface area contributed by atoms with Gasteiger partial charge < -0.3 is 16.0 Å². The summed E-state index contributed by atoms with van der Waals surface area (Å²) in [7, 11) is 0. The number of H-pyrrole nitrogens is 1. The molecule has 0 aliphatic carbocycles. The lowest BCUT2D eigenvalue weighted by Crippen LogP contribution is -2.45. The number of benzene rings is 1. The molecule has 0 bridgehead atoms. The van der Waals surface area contributed by atoms with Gasteiger partial charge in [0.25, 0.3) is 5.91 Å². The molecule has 21 heavy (non-hydrogen) atoms. The predicted octanol–water partition coefficient (Wildman–Crippen LogP) is 2.30. The van der Waals surface area contributed by atoms with E-state index < -0.39 is 11.4 Å². The van der Waals surface area contributed by atoms with E-state index in [9.17, 15) is 9.59 Å². The molecule has 4 N–H and O–H groups in total. The van der Waals surface area contributed by atoms with Gasteiger partial charge in [0.15, 0.2) is 5.43 Å². The molecular formula is C14H15Cl2N3O2. The number of nitrogens with one attached hydrogen (secondary N) is 2. The largest absolute Gasteiger partial charge is 0.350 e. The van der Waals surface area contributed by atoms with Crippen LogP contribution in [0.25, 0.3) is 10.9 Å². The number of fused-ring (bicyclic) bond motifs is 1. The van der Waals surface area contributed by atoms with Crippen LogP contribution in [0, 0.1) is 0 Å². The molecule has 7 heteroatoms. The molecule has 1 heterocycles. The van der Waals surface area contributed by atoms with Crippen LogP contribution in [0.15, 0.2) is 23.0 Å². The Morgan fingerprint density at radius 1 is 1.33 bits per heavy atom. The highest BCUT2D eigenvalue weighted by molar-refractivity contribution is 6.38. The fourth-order valence-corrected chi connectivity index (χ4v) is 2.42. The van der Waals surface area contributed by atoms with Crippen LogP contribution in [0.1, 0.15) is 24.3 Å². The fraction of sp³-hybridized carbons (Fsp3) is 0.286. The van der Waals surface area contributed by atoms with Gasteiger partial charge in [-0.15, -0.1) is 0 Å². The molecule has 0 atom stereocenters. The summed E-state index contributed by atoms with van der Waals surface area (Å²) in [5.41, 5.74) is 5.46.